The third-order valence-electron chi connectivity index (χ3n) is 6.05. The number of Topliss-reactive ketones (excluding diaryl/α,β-unsaturated/α-hetero) is 1. The number of likely N-dealkylation sites (tertiary alicyclic amines) is 1. The first-order chi connectivity index (χ1) is 15.9. The van der Waals surface area contributed by atoms with Gasteiger partial charge in [-0.2, -0.15) is 0 Å². The van der Waals surface area contributed by atoms with Gasteiger partial charge in [0.2, 0.25) is 5.91 Å². The van der Waals surface area contributed by atoms with Crippen molar-refractivity contribution >= 4 is 17.5 Å². The Hall–Kier alpha value is -2.83. The molecule has 3 heterocycles. The van der Waals surface area contributed by atoms with Crippen LogP contribution in [-0.2, 0) is 11.2 Å². The van der Waals surface area contributed by atoms with Gasteiger partial charge in [-0.1, -0.05) is 33.6 Å². The highest BCUT2D eigenvalue weighted by molar-refractivity contribution is 5.96. The summed E-state index contributed by atoms with van der Waals surface area (Å²) in [6.07, 6.45) is 9.22. The zero-order valence-electron chi connectivity index (χ0n) is 20.1. The first-order valence-electron chi connectivity index (χ1n) is 12.0. The number of aromatic nitrogens is 2. The van der Waals surface area contributed by atoms with Crippen LogP contribution in [0.2, 0.25) is 0 Å². The molecule has 7 heteroatoms. The maximum atomic E-state index is 13.7. The SMILES string of the molecule is CCCC(CCC)C(=O)N1CCC(C(=O)c2ncccc2F)CC1.CCc1ccnc(N)c1. The number of halogens is 1. The number of anilines is 1. The van der Waals surface area contributed by atoms with Crippen molar-refractivity contribution in [3.05, 3.63) is 53.7 Å². The molecule has 1 fully saturated rings. The smallest absolute Gasteiger partial charge is 0.225 e. The molecule has 2 aromatic rings. The van der Waals surface area contributed by atoms with Gasteiger partial charge in [-0.05, 0) is 61.9 Å². The monoisotopic (exact) mass is 456 g/mol. The van der Waals surface area contributed by atoms with Gasteiger partial charge in [0.25, 0.3) is 0 Å². The normalized spacial score (nSPS) is 14.0. The van der Waals surface area contributed by atoms with Gasteiger partial charge in [0.1, 0.15) is 11.5 Å². The number of hydrogen-bond acceptors (Lipinski definition) is 5. The van der Waals surface area contributed by atoms with E-state index in [9.17, 15) is 14.0 Å². The van der Waals surface area contributed by atoms with Crippen LogP contribution in [0.5, 0.6) is 0 Å². The summed E-state index contributed by atoms with van der Waals surface area (Å²) in [5, 5.41) is 0. The quantitative estimate of drug-likeness (QED) is 0.559. The number of piperidine rings is 1. The molecule has 2 N–H and O–H groups in total. The lowest BCUT2D eigenvalue weighted by Crippen LogP contribution is -2.43. The number of amides is 1. The Kier molecular flexibility index (Phi) is 10.9. The summed E-state index contributed by atoms with van der Waals surface area (Å²) in [4.78, 5) is 34.7. The van der Waals surface area contributed by atoms with Crippen molar-refractivity contribution in [2.75, 3.05) is 18.8 Å². The van der Waals surface area contributed by atoms with E-state index in [2.05, 4.69) is 30.7 Å². The second-order valence-corrected chi connectivity index (χ2v) is 8.51. The van der Waals surface area contributed by atoms with E-state index in [4.69, 9.17) is 5.73 Å². The summed E-state index contributed by atoms with van der Waals surface area (Å²) in [5.74, 6) is -0.122. The molecule has 3 rings (SSSR count). The van der Waals surface area contributed by atoms with E-state index in [1.165, 1.54) is 23.9 Å². The van der Waals surface area contributed by atoms with E-state index < -0.39 is 5.82 Å². The summed E-state index contributed by atoms with van der Waals surface area (Å²) < 4.78 is 13.7. The van der Waals surface area contributed by atoms with E-state index in [-0.39, 0.29) is 29.2 Å². The fourth-order valence-electron chi connectivity index (χ4n) is 4.18. The Balaban J connectivity index is 0.000000357. The Bertz CT molecular complexity index is 891. The number of carbonyl (C=O) groups excluding carboxylic acids is 2. The Labute approximate surface area is 196 Å². The van der Waals surface area contributed by atoms with Crippen LogP contribution >= 0.6 is 0 Å². The van der Waals surface area contributed by atoms with Gasteiger partial charge >= 0.3 is 0 Å². The van der Waals surface area contributed by atoms with E-state index in [0.29, 0.717) is 31.7 Å². The molecule has 2 aromatic heterocycles. The Morgan fingerprint density at radius 1 is 1.09 bits per heavy atom. The van der Waals surface area contributed by atoms with Crippen molar-refractivity contribution in [2.24, 2.45) is 11.8 Å². The number of rotatable bonds is 8. The van der Waals surface area contributed by atoms with Gasteiger partial charge in [0.15, 0.2) is 11.6 Å². The molecule has 0 atom stereocenters. The Morgan fingerprint density at radius 2 is 1.76 bits per heavy atom. The van der Waals surface area contributed by atoms with Crippen LogP contribution in [0.25, 0.3) is 0 Å². The lowest BCUT2D eigenvalue weighted by molar-refractivity contribution is -0.137. The van der Waals surface area contributed by atoms with Crippen molar-refractivity contribution in [3.63, 3.8) is 0 Å². The molecule has 0 bridgehead atoms. The summed E-state index contributed by atoms with van der Waals surface area (Å²) in [6.45, 7) is 7.44. The van der Waals surface area contributed by atoms with Gasteiger partial charge in [0, 0.05) is 37.3 Å². The number of carbonyl (C=O) groups is 2. The molecule has 33 heavy (non-hydrogen) atoms. The highest BCUT2D eigenvalue weighted by Gasteiger charge is 2.31. The molecular weight excluding hydrogens is 419 g/mol. The maximum Gasteiger partial charge on any atom is 0.225 e. The molecule has 0 aromatic carbocycles. The minimum Gasteiger partial charge on any atom is -0.384 e. The van der Waals surface area contributed by atoms with Crippen molar-refractivity contribution in [1.29, 1.82) is 0 Å². The summed E-state index contributed by atoms with van der Waals surface area (Å²) >= 11 is 0. The summed E-state index contributed by atoms with van der Waals surface area (Å²) in [7, 11) is 0. The topological polar surface area (TPSA) is 89.2 Å². The van der Waals surface area contributed by atoms with E-state index in [1.807, 2.05) is 17.0 Å². The second kappa shape index (κ2) is 13.7. The predicted molar refractivity (Wildman–Crippen MR) is 129 cm³/mol. The van der Waals surface area contributed by atoms with E-state index in [1.54, 1.807) is 6.20 Å². The molecule has 1 amide bonds. The van der Waals surface area contributed by atoms with E-state index in [0.717, 1.165) is 32.1 Å². The minimum absolute atomic E-state index is 0.0721. The van der Waals surface area contributed by atoms with Gasteiger partial charge in [-0.15, -0.1) is 0 Å². The van der Waals surface area contributed by atoms with Gasteiger partial charge in [-0.3, -0.25) is 14.6 Å². The number of hydrogen-bond donors (Lipinski definition) is 1. The second-order valence-electron chi connectivity index (χ2n) is 8.51. The molecule has 0 radical (unpaired) electrons. The number of ketones is 1. The van der Waals surface area contributed by atoms with Crippen LogP contribution < -0.4 is 5.73 Å². The molecule has 0 saturated carbocycles. The molecule has 1 aliphatic heterocycles. The molecule has 180 valence electrons. The van der Waals surface area contributed by atoms with Crippen LogP contribution in [0.15, 0.2) is 36.7 Å². The lowest BCUT2D eigenvalue weighted by atomic mass is 9.89. The molecule has 0 unspecified atom stereocenters. The van der Waals surface area contributed by atoms with E-state index >= 15 is 0 Å². The third kappa shape index (κ3) is 7.91. The van der Waals surface area contributed by atoms with Crippen LogP contribution in [0, 0.1) is 17.7 Å². The van der Waals surface area contributed by atoms with Crippen LogP contribution in [0.3, 0.4) is 0 Å². The van der Waals surface area contributed by atoms with Gasteiger partial charge < -0.3 is 10.6 Å². The van der Waals surface area contributed by atoms with Crippen molar-refractivity contribution < 1.29 is 14.0 Å². The van der Waals surface area contributed by atoms with Crippen LogP contribution in [-0.4, -0.2) is 39.6 Å². The summed E-state index contributed by atoms with van der Waals surface area (Å²) in [5.41, 5.74) is 6.59. The zero-order chi connectivity index (χ0) is 24.2. The lowest BCUT2D eigenvalue weighted by Gasteiger charge is -2.33. The van der Waals surface area contributed by atoms with Gasteiger partial charge in [0.05, 0.1) is 0 Å². The molecule has 6 nitrogen and oxygen atoms in total. The van der Waals surface area contributed by atoms with Crippen LogP contribution in [0.1, 0.15) is 75.3 Å². The summed E-state index contributed by atoms with van der Waals surface area (Å²) in [6, 6.07) is 6.60. The fourth-order valence-corrected chi connectivity index (χ4v) is 4.18. The Morgan fingerprint density at radius 3 is 2.27 bits per heavy atom. The largest absolute Gasteiger partial charge is 0.384 e. The maximum absolute atomic E-state index is 13.7. The third-order valence-corrected chi connectivity index (χ3v) is 6.05. The molecule has 0 aliphatic carbocycles. The molecule has 1 saturated heterocycles. The molecule has 0 spiro atoms. The first kappa shape index (κ1) is 26.4. The zero-order valence-corrected chi connectivity index (χ0v) is 20.1. The van der Waals surface area contributed by atoms with Gasteiger partial charge in [-0.25, -0.2) is 9.37 Å². The number of nitrogen functional groups attached to an aromatic ring is 1. The minimum atomic E-state index is -0.563. The van der Waals surface area contributed by atoms with Crippen molar-refractivity contribution in [3.8, 4) is 0 Å². The molecular formula is C26H37FN4O2. The predicted octanol–water partition coefficient (Wildman–Crippen LogP) is 5.08. The number of nitrogens with zero attached hydrogens (tertiary/aromatic N) is 3. The highest BCUT2D eigenvalue weighted by atomic mass is 19.1. The standard InChI is InChI=1S/C19H27FN2O2.C7H10N2/c1-3-6-15(7-4-2)19(24)22-12-9-14(10-13-22)18(23)17-16(20)8-5-11-21-17;1-2-6-3-4-9-7(8)5-6/h5,8,11,14-15H,3-4,6-7,9-10,12-13H2,1-2H3;3-5H,2H2,1H3,(H2,8,9). The van der Waals surface area contributed by atoms with Crippen molar-refractivity contribution in [2.45, 2.75) is 65.7 Å². The fraction of sp³-hybridized carbons (Fsp3) is 0.538. The molecule has 1 aliphatic rings. The first-order valence-corrected chi connectivity index (χ1v) is 12.0. The number of aryl methyl sites for hydroxylation is 1. The van der Waals surface area contributed by atoms with Crippen LogP contribution in [0.4, 0.5) is 10.2 Å². The van der Waals surface area contributed by atoms with Crippen molar-refractivity contribution in [1.82, 2.24) is 14.9 Å². The average Bonchev–Trinajstić information content (AvgIpc) is 2.84. The number of pyridine rings is 2. The average molecular weight is 457 g/mol. The number of nitrogens with two attached hydrogens (primary N) is 1. The highest BCUT2D eigenvalue weighted by Crippen LogP contribution is 2.25.